The number of carbonyl (C=O) groups excluding carboxylic acids is 1. The zero-order valence-corrected chi connectivity index (χ0v) is 13.6. The zero-order chi connectivity index (χ0) is 13.7. The largest absolute Gasteiger partial charge is 0.349 e. The highest BCUT2D eigenvalue weighted by atomic mass is 35.5. The Labute approximate surface area is 135 Å². The van der Waals surface area contributed by atoms with Crippen molar-refractivity contribution in [1.82, 2.24) is 5.32 Å². The van der Waals surface area contributed by atoms with E-state index >= 15 is 0 Å². The Bertz CT molecular complexity index is 433. The summed E-state index contributed by atoms with van der Waals surface area (Å²) < 4.78 is 0. The first-order valence-corrected chi connectivity index (χ1v) is 7.89. The fourth-order valence-corrected chi connectivity index (χ4v) is 3.27. The van der Waals surface area contributed by atoms with Crippen LogP contribution < -0.4 is 11.1 Å². The number of halogens is 2. The molecular formula is C14H20Cl2N2OS. The highest BCUT2D eigenvalue weighted by molar-refractivity contribution is 8.00. The van der Waals surface area contributed by atoms with Gasteiger partial charge in [0.25, 0.3) is 0 Å². The minimum absolute atomic E-state index is 0. The summed E-state index contributed by atoms with van der Waals surface area (Å²) in [6.45, 7) is 0.532. The van der Waals surface area contributed by atoms with Crippen molar-refractivity contribution in [2.24, 2.45) is 5.73 Å². The Kier molecular flexibility index (Phi) is 7.17. The van der Waals surface area contributed by atoms with E-state index in [1.807, 2.05) is 24.3 Å². The van der Waals surface area contributed by atoms with Gasteiger partial charge in [0.15, 0.2) is 0 Å². The first-order chi connectivity index (χ1) is 9.13. The number of hydrogen-bond acceptors (Lipinski definition) is 3. The second-order valence-corrected chi connectivity index (χ2v) is 6.47. The number of nitrogens with two attached hydrogens (primary N) is 1. The van der Waals surface area contributed by atoms with Crippen molar-refractivity contribution in [2.75, 3.05) is 12.3 Å². The molecule has 0 spiro atoms. The van der Waals surface area contributed by atoms with Crippen molar-refractivity contribution >= 4 is 41.7 Å². The molecule has 0 saturated heterocycles. The van der Waals surface area contributed by atoms with E-state index in [1.165, 1.54) is 11.8 Å². The molecule has 20 heavy (non-hydrogen) atoms. The number of rotatable bonds is 5. The quantitative estimate of drug-likeness (QED) is 0.812. The van der Waals surface area contributed by atoms with Crippen LogP contribution in [0.15, 0.2) is 29.2 Å². The van der Waals surface area contributed by atoms with E-state index in [1.54, 1.807) is 0 Å². The van der Waals surface area contributed by atoms with Gasteiger partial charge in [-0.3, -0.25) is 4.79 Å². The Morgan fingerprint density at radius 1 is 1.30 bits per heavy atom. The molecule has 0 bridgehead atoms. The van der Waals surface area contributed by atoms with Crippen LogP contribution in [0, 0.1) is 0 Å². The topological polar surface area (TPSA) is 55.1 Å². The standard InChI is InChI=1S/C14H19ClN2OS.ClH/c15-11-3-5-12(6-4-11)19-9-13(18)17-14(10-16)7-1-2-8-14;/h3-6H,1-2,7-10,16H2,(H,17,18);1H. The predicted molar refractivity (Wildman–Crippen MR) is 87.8 cm³/mol. The van der Waals surface area contributed by atoms with Gasteiger partial charge in [-0.1, -0.05) is 24.4 Å². The van der Waals surface area contributed by atoms with Crippen LogP contribution in [0.1, 0.15) is 25.7 Å². The number of thioether (sulfide) groups is 1. The molecule has 0 radical (unpaired) electrons. The van der Waals surface area contributed by atoms with Crippen molar-refractivity contribution in [3.63, 3.8) is 0 Å². The molecule has 1 aliphatic carbocycles. The number of carbonyl (C=O) groups is 1. The summed E-state index contributed by atoms with van der Waals surface area (Å²) in [5.74, 6) is 0.482. The maximum absolute atomic E-state index is 12.0. The van der Waals surface area contributed by atoms with Gasteiger partial charge < -0.3 is 11.1 Å². The normalized spacial score (nSPS) is 16.5. The average Bonchev–Trinajstić information content (AvgIpc) is 2.87. The first kappa shape index (κ1) is 17.6. The molecule has 1 amide bonds. The Morgan fingerprint density at radius 3 is 2.45 bits per heavy atom. The van der Waals surface area contributed by atoms with Gasteiger partial charge in [-0.15, -0.1) is 24.2 Å². The number of nitrogens with one attached hydrogen (secondary N) is 1. The number of amides is 1. The lowest BCUT2D eigenvalue weighted by Crippen LogP contribution is -2.52. The van der Waals surface area contributed by atoms with Gasteiger partial charge in [-0.2, -0.15) is 0 Å². The monoisotopic (exact) mass is 334 g/mol. The smallest absolute Gasteiger partial charge is 0.230 e. The molecule has 1 aromatic carbocycles. The molecule has 1 aromatic rings. The molecule has 3 nitrogen and oxygen atoms in total. The molecule has 3 N–H and O–H groups in total. The molecule has 0 heterocycles. The van der Waals surface area contributed by atoms with Gasteiger partial charge in [0, 0.05) is 16.5 Å². The summed E-state index contributed by atoms with van der Waals surface area (Å²) in [5, 5.41) is 3.82. The van der Waals surface area contributed by atoms with Crippen LogP contribution in [0.3, 0.4) is 0 Å². The summed E-state index contributed by atoms with van der Waals surface area (Å²) >= 11 is 7.34. The first-order valence-electron chi connectivity index (χ1n) is 6.53. The maximum atomic E-state index is 12.0. The lowest BCUT2D eigenvalue weighted by atomic mass is 9.98. The zero-order valence-electron chi connectivity index (χ0n) is 11.2. The summed E-state index contributed by atoms with van der Waals surface area (Å²) in [5.41, 5.74) is 5.65. The van der Waals surface area contributed by atoms with Crippen molar-refractivity contribution < 1.29 is 4.79 Å². The second-order valence-electron chi connectivity index (χ2n) is 4.98. The van der Waals surface area contributed by atoms with Crippen LogP contribution in [0.2, 0.25) is 5.02 Å². The van der Waals surface area contributed by atoms with Crippen LogP contribution in [0.5, 0.6) is 0 Å². The Balaban J connectivity index is 0.00000200. The predicted octanol–water partition coefficient (Wildman–Crippen LogP) is 3.24. The molecule has 112 valence electrons. The van der Waals surface area contributed by atoms with Crippen molar-refractivity contribution in [3.05, 3.63) is 29.3 Å². The van der Waals surface area contributed by atoms with Gasteiger partial charge in [-0.25, -0.2) is 0 Å². The van der Waals surface area contributed by atoms with Crippen LogP contribution in [0.4, 0.5) is 0 Å². The molecule has 1 fully saturated rings. The highest BCUT2D eigenvalue weighted by Crippen LogP contribution is 2.29. The molecule has 0 atom stereocenters. The molecule has 0 aromatic heterocycles. The van der Waals surface area contributed by atoms with Crippen LogP contribution in [0.25, 0.3) is 0 Å². The summed E-state index contributed by atoms with van der Waals surface area (Å²) in [7, 11) is 0. The third-order valence-corrected chi connectivity index (χ3v) is 4.80. The van der Waals surface area contributed by atoms with E-state index in [4.69, 9.17) is 17.3 Å². The SMILES string of the molecule is Cl.NCC1(NC(=O)CSc2ccc(Cl)cc2)CCCC1. The minimum atomic E-state index is -0.155. The minimum Gasteiger partial charge on any atom is -0.349 e. The highest BCUT2D eigenvalue weighted by Gasteiger charge is 2.33. The second kappa shape index (κ2) is 8.13. The van der Waals surface area contributed by atoms with E-state index in [9.17, 15) is 4.79 Å². The fraction of sp³-hybridized carbons (Fsp3) is 0.500. The van der Waals surface area contributed by atoms with E-state index < -0.39 is 0 Å². The van der Waals surface area contributed by atoms with E-state index in [-0.39, 0.29) is 23.9 Å². The van der Waals surface area contributed by atoms with Crippen molar-refractivity contribution in [3.8, 4) is 0 Å². The lowest BCUT2D eigenvalue weighted by molar-refractivity contribution is -0.120. The van der Waals surface area contributed by atoms with Crippen LogP contribution >= 0.6 is 35.8 Å². The molecule has 1 saturated carbocycles. The van der Waals surface area contributed by atoms with Crippen LogP contribution in [-0.2, 0) is 4.79 Å². The van der Waals surface area contributed by atoms with Crippen molar-refractivity contribution in [1.29, 1.82) is 0 Å². The summed E-state index contributed by atoms with van der Waals surface area (Å²) in [6, 6.07) is 7.52. The Morgan fingerprint density at radius 2 is 1.90 bits per heavy atom. The molecule has 2 rings (SSSR count). The average molecular weight is 335 g/mol. The molecule has 0 unspecified atom stereocenters. The van der Waals surface area contributed by atoms with Crippen molar-refractivity contribution in [2.45, 2.75) is 36.1 Å². The van der Waals surface area contributed by atoms with Crippen LogP contribution in [-0.4, -0.2) is 23.7 Å². The number of hydrogen-bond donors (Lipinski definition) is 2. The number of benzene rings is 1. The maximum Gasteiger partial charge on any atom is 0.230 e. The van der Waals surface area contributed by atoms with Gasteiger partial charge in [0.2, 0.25) is 5.91 Å². The van der Waals surface area contributed by atoms with Gasteiger partial charge in [0.05, 0.1) is 11.3 Å². The summed E-state index contributed by atoms with van der Waals surface area (Å²) in [6.07, 6.45) is 4.31. The lowest BCUT2D eigenvalue weighted by Gasteiger charge is -2.28. The fourth-order valence-electron chi connectivity index (χ4n) is 2.44. The Hall–Kier alpha value is -0.420. The molecule has 0 aliphatic heterocycles. The van der Waals surface area contributed by atoms with Gasteiger partial charge in [-0.05, 0) is 37.1 Å². The molecule has 1 aliphatic rings. The van der Waals surface area contributed by atoms with E-state index in [2.05, 4.69) is 5.32 Å². The third-order valence-electron chi connectivity index (χ3n) is 3.54. The van der Waals surface area contributed by atoms with E-state index in [0.717, 1.165) is 30.6 Å². The molecule has 6 heteroatoms. The van der Waals surface area contributed by atoms with E-state index in [0.29, 0.717) is 17.3 Å². The van der Waals surface area contributed by atoms with Gasteiger partial charge >= 0.3 is 0 Å². The third kappa shape index (κ3) is 4.85. The van der Waals surface area contributed by atoms with Gasteiger partial charge in [0.1, 0.15) is 0 Å². The molecular weight excluding hydrogens is 315 g/mol. The summed E-state index contributed by atoms with van der Waals surface area (Å²) in [4.78, 5) is 13.0.